The first-order chi connectivity index (χ1) is 10.3. The van der Waals surface area contributed by atoms with Gasteiger partial charge in [-0.1, -0.05) is 0 Å². The van der Waals surface area contributed by atoms with E-state index < -0.39 is 0 Å². The topological polar surface area (TPSA) is 67.3 Å². The number of rotatable bonds is 2. The Bertz CT molecular complexity index is 642. The number of methoxy groups -OCH3 is 1. The van der Waals surface area contributed by atoms with Crippen LogP contribution in [-0.4, -0.2) is 34.6 Å². The molecule has 0 saturated carbocycles. The van der Waals surface area contributed by atoms with Crippen molar-refractivity contribution in [2.75, 3.05) is 19.0 Å². The van der Waals surface area contributed by atoms with Gasteiger partial charge < -0.3 is 15.0 Å². The van der Waals surface area contributed by atoms with Gasteiger partial charge in [0.1, 0.15) is 12.1 Å². The smallest absolute Gasteiger partial charge is 0.322 e. The quantitative estimate of drug-likeness (QED) is 0.916. The van der Waals surface area contributed by atoms with E-state index in [1.165, 1.54) is 0 Å². The predicted octanol–water partition coefficient (Wildman–Crippen LogP) is 2.08. The number of aromatic nitrogens is 2. The van der Waals surface area contributed by atoms with E-state index in [2.05, 4.69) is 15.3 Å². The van der Waals surface area contributed by atoms with Crippen LogP contribution in [0, 0.1) is 0 Å². The van der Waals surface area contributed by atoms with Crippen LogP contribution in [0.25, 0.3) is 0 Å². The molecule has 1 aliphatic rings. The Morgan fingerprint density at radius 2 is 2.14 bits per heavy atom. The molecule has 0 bridgehead atoms. The zero-order valence-electron chi connectivity index (χ0n) is 11.7. The Morgan fingerprint density at radius 3 is 2.90 bits per heavy atom. The van der Waals surface area contributed by atoms with Gasteiger partial charge in [0.05, 0.1) is 19.3 Å². The summed E-state index contributed by atoms with van der Waals surface area (Å²) in [5.41, 5.74) is 2.78. The van der Waals surface area contributed by atoms with E-state index in [0.29, 0.717) is 13.1 Å². The first-order valence-electron chi connectivity index (χ1n) is 6.74. The minimum Gasteiger partial charge on any atom is -0.497 e. The third-order valence-electron chi connectivity index (χ3n) is 3.49. The number of nitrogens with one attached hydrogen (secondary N) is 1. The van der Waals surface area contributed by atoms with Gasteiger partial charge in [0.25, 0.3) is 0 Å². The third-order valence-corrected chi connectivity index (χ3v) is 3.49. The van der Waals surface area contributed by atoms with E-state index in [4.69, 9.17) is 4.74 Å². The summed E-state index contributed by atoms with van der Waals surface area (Å²) in [5.74, 6) is 0.761. The number of nitrogens with zero attached hydrogens (tertiary/aromatic N) is 3. The molecule has 0 radical (unpaired) electrons. The van der Waals surface area contributed by atoms with Crippen molar-refractivity contribution in [3.63, 3.8) is 0 Å². The van der Waals surface area contributed by atoms with Crippen molar-refractivity contribution in [3.05, 3.63) is 48.0 Å². The van der Waals surface area contributed by atoms with Gasteiger partial charge in [0.15, 0.2) is 0 Å². The van der Waals surface area contributed by atoms with E-state index in [0.717, 1.165) is 29.1 Å². The fourth-order valence-electron chi connectivity index (χ4n) is 2.32. The molecule has 0 atom stereocenters. The monoisotopic (exact) mass is 284 g/mol. The Kier molecular flexibility index (Phi) is 3.68. The van der Waals surface area contributed by atoms with Gasteiger partial charge in [-0.2, -0.15) is 0 Å². The predicted molar refractivity (Wildman–Crippen MR) is 78.2 cm³/mol. The van der Waals surface area contributed by atoms with Crippen LogP contribution < -0.4 is 10.1 Å². The van der Waals surface area contributed by atoms with Gasteiger partial charge >= 0.3 is 6.03 Å². The zero-order valence-corrected chi connectivity index (χ0v) is 11.7. The van der Waals surface area contributed by atoms with Gasteiger partial charge in [0, 0.05) is 30.4 Å². The minimum absolute atomic E-state index is 0.116. The van der Waals surface area contributed by atoms with Crippen LogP contribution in [-0.2, 0) is 13.0 Å². The van der Waals surface area contributed by atoms with E-state index in [1.54, 1.807) is 24.5 Å². The fourth-order valence-corrected chi connectivity index (χ4v) is 2.32. The molecule has 0 spiro atoms. The maximum Gasteiger partial charge on any atom is 0.322 e. The van der Waals surface area contributed by atoms with Gasteiger partial charge in [-0.05, 0) is 24.3 Å². The lowest BCUT2D eigenvalue weighted by atomic mass is 10.1. The highest BCUT2D eigenvalue weighted by Gasteiger charge is 2.21. The lowest BCUT2D eigenvalue weighted by Crippen LogP contribution is -2.39. The summed E-state index contributed by atoms with van der Waals surface area (Å²) >= 11 is 0. The molecule has 21 heavy (non-hydrogen) atoms. The fraction of sp³-hybridized carbons (Fsp3) is 0.267. The van der Waals surface area contributed by atoms with Gasteiger partial charge in [-0.25, -0.2) is 14.8 Å². The molecule has 0 saturated heterocycles. The van der Waals surface area contributed by atoms with Crippen molar-refractivity contribution in [1.82, 2.24) is 14.9 Å². The van der Waals surface area contributed by atoms with Gasteiger partial charge in [-0.15, -0.1) is 0 Å². The Balaban J connectivity index is 1.66. The lowest BCUT2D eigenvalue weighted by molar-refractivity contribution is 0.206. The van der Waals surface area contributed by atoms with Gasteiger partial charge in [-0.3, -0.25) is 0 Å². The SMILES string of the molecule is COc1ccc(NC(=O)N2CCc3ncncc3C2)cc1. The minimum atomic E-state index is -0.116. The summed E-state index contributed by atoms with van der Waals surface area (Å²) in [6.07, 6.45) is 4.08. The number of benzene rings is 1. The summed E-state index contributed by atoms with van der Waals surface area (Å²) in [6, 6.07) is 7.15. The maximum atomic E-state index is 12.3. The summed E-state index contributed by atoms with van der Waals surface area (Å²) in [4.78, 5) is 22.3. The normalized spacial score (nSPS) is 13.5. The molecule has 3 rings (SSSR count). The number of fused-ring (bicyclic) bond motifs is 1. The molecule has 1 aromatic heterocycles. The number of amides is 2. The summed E-state index contributed by atoms with van der Waals surface area (Å²) in [7, 11) is 1.61. The molecule has 6 nitrogen and oxygen atoms in total. The number of anilines is 1. The average Bonchev–Trinajstić information content (AvgIpc) is 2.55. The molecular formula is C15H16N4O2. The van der Waals surface area contributed by atoms with Crippen molar-refractivity contribution in [3.8, 4) is 5.75 Å². The molecule has 0 aliphatic carbocycles. The summed E-state index contributed by atoms with van der Waals surface area (Å²) in [5, 5.41) is 2.88. The first-order valence-corrected chi connectivity index (χ1v) is 6.74. The van der Waals surface area contributed by atoms with Crippen LogP contribution in [0.3, 0.4) is 0 Å². The lowest BCUT2D eigenvalue weighted by Gasteiger charge is -2.27. The number of urea groups is 1. The Morgan fingerprint density at radius 1 is 1.33 bits per heavy atom. The van der Waals surface area contributed by atoms with E-state index in [9.17, 15) is 4.79 Å². The Hall–Kier alpha value is -2.63. The molecule has 0 fully saturated rings. The Labute approximate surface area is 122 Å². The third kappa shape index (κ3) is 2.94. The molecular weight excluding hydrogens is 268 g/mol. The van der Waals surface area contributed by atoms with Crippen LogP contribution in [0.15, 0.2) is 36.8 Å². The number of carbonyl (C=O) groups is 1. The first kappa shape index (κ1) is 13.4. The second kappa shape index (κ2) is 5.78. The van der Waals surface area contributed by atoms with Gasteiger partial charge in [0.2, 0.25) is 0 Å². The zero-order chi connectivity index (χ0) is 14.7. The summed E-state index contributed by atoms with van der Waals surface area (Å²) in [6.45, 7) is 1.20. The van der Waals surface area contributed by atoms with Crippen molar-refractivity contribution in [2.45, 2.75) is 13.0 Å². The average molecular weight is 284 g/mol. The van der Waals surface area contributed by atoms with E-state index in [-0.39, 0.29) is 6.03 Å². The number of hydrogen-bond donors (Lipinski definition) is 1. The second-order valence-corrected chi connectivity index (χ2v) is 4.82. The number of ether oxygens (including phenoxy) is 1. The molecule has 1 N–H and O–H groups in total. The van der Waals surface area contributed by atoms with Crippen molar-refractivity contribution in [1.29, 1.82) is 0 Å². The van der Waals surface area contributed by atoms with Crippen LogP contribution >= 0.6 is 0 Å². The van der Waals surface area contributed by atoms with Crippen molar-refractivity contribution in [2.24, 2.45) is 0 Å². The summed E-state index contributed by atoms with van der Waals surface area (Å²) < 4.78 is 5.09. The number of carbonyl (C=O) groups excluding carboxylic acids is 1. The molecule has 2 aromatic rings. The van der Waals surface area contributed by atoms with Crippen LogP contribution in [0.2, 0.25) is 0 Å². The molecule has 108 valence electrons. The highest BCUT2D eigenvalue weighted by Crippen LogP contribution is 2.18. The van der Waals surface area contributed by atoms with Crippen LogP contribution in [0.5, 0.6) is 5.75 Å². The second-order valence-electron chi connectivity index (χ2n) is 4.82. The maximum absolute atomic E-state index is 12.3. The van der Waals surface area contributed by atoms with Crippen LogP contribution in [0.1, 0.15) is 11.3 Å². The van der Waals surface area contributed by atoms with E-state index >= 15 is 0 Å². The van der Waals surface area contributed by atoms with Crippen LogP contribution in [0.4, 0.5) is 10.5 Å². The molecule has 1 aliphatic heterocycles. The van der Waals surface area contributed by atoms with Crippen molar-refractivity contribution < 1.29 is 9.53 Å². The standard InChI is InChI=1S/C15H16N4O2/c1-21-13-4-2-12(3-5-13)18-15(20)19-7-6-14-11(9-19)8-16-10-17-14/h2-5,8,10H,6-7,9H2,1H3,(H,18,20). The molecule has 1 aromatic carbocycles. The highest BCUT2D eigenvalue weighted by atomic mass is 16.5. The van der Waals surface area contributed by atoms with Crippen molar-refractivity contribution >= 4 is 11.7 Å². The number of hydrogen-bond acceptors (Lipinski definition) is 4. The highest BCUT2D eigenvalue weighted by molar-refractivity contribution is 5.89. The largest absolute Gasteiger partial charge is 0.497 e. The molecule has 0 unspecified atom stereocenters. The van der Waals surface area contributed by atoms with E-state index in [1.807, 2.05) is 24.3 Å². The molecule has 2 heterocycles. The molecule has 2 amide bonds. The molecule has 6 heteroatoms.